The van der Waals surface area contributed by atoms with Gasteiger partial charge in [0.15, 0.2) is 5.82 Å². The minimum Gasteiger partial charge on any atom is -0.338 e. The van der Waals surface area contributed by atoms with Crippen LogP contribution in [0.2, 0.25) is 15.1 Å². The molecule has 168 valence electrons. The standard InChI is InChI=1S/C25H21Cl3N4O/c1-15-23(25(33)31-12-9-17(10-13-31)16-2-5-19(26)6-3-16)24(32-22(30-15)8-11-29-32)18-4-7-20(27)21(28)14-18/h2-9,11,14,23-24H,10,12-13H2,1H3. The van der Waals surface area contributed by atoms with Crippen LogP contribution in [0.1, 0.15) is 30.5 Å². The zero-order valence-corrected chi connectivity index (χ0v) is 20.1. The number of benzene rings is 2. The molecular weight excluding hydrogens is 479 g/mol. The summed E-state index contributed by atoms with van der Waals surface area (Å²) in [5, 5.41) is 6.11. The molecule has 0 spiro atoms. The summed E-state index contributed by atoms with van der Waals surface area (Å²) in [6.07, 6.45) is 4.60. The highest BCUT2D eigenvalue weighted by molar-refractivity contribution is 6.42. The number of rotatable bonds is 3. The number of nitrogens with zero attached hydrogens (tertiary/aromatic N) is 4. The van der Waals surface area contributed by atoms with Gasteiger partial charge in [-0.3, -0.25) is 4.79 Å². The molecule has 0 saturated heterocycles. The molecule has 8 heteroatoms. The Morgan fingerprint density at radius 1 is 1.03 bits per heavy atom. The van der Waals surface area contributed by atoms with E-state index in [1.807, 2.05) is 54.3 Å². The van der Waals surface area contributed by atoms with E-state index >= 15 is 0 Å². The molecule has 5 rings (SSSR count). The average molecular weight is 500 g/mol. The van der Waals surface area contributed by atoms with Crippen LogP contribution in [0.3, 0.4) is 0 Å². The predicted molar refractivity (Wildman–Crippen MR) is 134 cm³/mol. The van der Waals surface area contributed by atoms with Crippen LogP contribution < -0.4 is 0 Å². The van der Waals surface area contributed by atoms with Gasteiger partial charge in [-0.05, 0) is 54.3 Å². The third-order valence-corrected chi connectivity index (χ3v) is 7.25. The molecule has 0 N–H and O–H groups in total. The Hall–Kier alpha value is -2.60. The van der Waals surface area contributed by atoms with Crippen molar-refractivity contribution < 1.29 is 4.79 Å². The summed E-state index contributed by atoms with van der Waals surface area (Å²) in [4.78, 5) is 20.4. The number of amides is 1. The van der Waals surface area contributed by atoms with Gasteiger partial charge in [-0.1, -0.05) is 59.1 Å². The zero-order chi connectivity index (χ0) is 23.1. The quantitative estimate of drug-likeness (QED) is 0.414. The van der Waals surface area contributed by atoms with Gasteiger partial charge >= 0.3 is 0 Å². The van der Waals surface area contributed by atoms with E-state index < -0.39 is 5.92 Å². The zero-order valence-electron chi connectivity index (χ0n) is 17.9. The summed E-state index contributed by atoms with van der Waals surface area (Å²) in [7, 11) is 0. The molecule has 2 unspecified atom stereocenters. The van der Waals surface area contributed by atoms with E-state index in [0.29, 0.717) is 28.2 Å². The minimum atomic E-state index is -0.486. The Labute approximate surface area is 207 Å². The molecule has 0 bridgehead atoms. The molecule has 0 saturated carbocycles. The van der Waals surface area contributed by atoms with Gasteiger partial charge < -0.3 is 4.90 Å². The fourth-order valence-corrected chi connectivity index (χ4v) is 5.00. The second-order valence-electron chi connectivity index (χ2n) is 8.25. The average Bonchev–Trinajstić information content (AvgIpc) is 3.28. The van der Waals surface area contributed by atoms with Crippen LogP contribution in [0.25, 0.3) is 5.57 Å². The Balaban J connectivity index is 1.46. The number of aliphatic imine (C=N–C) groups is 1. The largest absolute Gasteiger partial charge is 0.338 e. The third kappa shape index (κ3) is 4.21. The lowest BCUT2D eigenvalue weighted by molar-refractivity contribution is -0.133. The van der Waals surface area contributed by atoms with Crippen LogP contribution in [-0.4, -0.2) is 39.4 Å². The van der Waals surface area contributed by atoms with Crippen molar-refractivity contribution in [3.05, 3.63) is 87.0 Å². The lowest BCUT2D eigenvalue weighted by atomic mass is 9.86. The van der Waals surface area contributed by atoms with E-state index in [1.165, 1.54) is 5.57 Å². The number of halogens is 3. The minimum absolute atomic E-state index is 0.0277. The molecule has 2 aliphatic rings. The van der Waals surface area contributed by atoms with E-state index in [1.54, 1.807) is 16.9 Å². The van der Waals surface area contributed by atoms with E-state index in [0.717, 1.165) is 29.1 Å². The number of carbonyl (C=O) groups is 1. The maximum absolute atomic E-state index is 13.8. The SMILES string of the molecule is CC1=Nc2ccnn2C(c2ccc(Cl)c(Cl)c2)C1C(=O)N1CC=C(c2ccc(Cl)cc2)CC1. The van der Waals surface area contributed by atoms with Crippen molar-refractivity contribution in [1.82, 2.24) is 14.7 Å². The predicted octanol–water partition coefficient (Wildman–Crippen LogP) is 6.47. The lowest BCUT2D eigenvalue weighted by Gasteiger charge is -2.36. The Morgan fingerprint density at radius 3 is 2.52 bits per heavy atom. The molecule has 3 heterocycles. The topological polar surface area (TPSA) is 50.5 Å². The molecule has 0 aliphatic carbocycles. The highest BCUT2D eigenvalue weighted by Crippen LogP contribution is 2.39. The van der Waals surface area contributed by atoms with Gasteiger partial charge in [-0.15, -0.1) is 0 Å². The highest BCUT2D eigenvalue weighted by atomic mass is 35.5. The third-order valence-electron chi connectivity index (χ3n) is 6.26. The Kier molecular flexibility index (Phi) is 6.04. The summed E-state index contributed by atoms with van der Waals surface area (Å²) in [5.41, 5.74) is 3.99. The van der Waals surface area contributed by atoms with Gasteiger partial charge in [0.25, 0.3) is 0 Å². The molecule has 1 aromatic heterocycles. The van der Waals surface area contributed by atoms with Crippen LogP contribution in [0.4, 0.5) is 5.82 Å². The lowest BCUT2D eigenvalue weighted by Crippen LogP contribution is -2.46. The van der Waals surface area contributed by atoms with Gasteiger partial charge in [0.1, 0.15) is 5.92 Å². The second kappa shape index (κ2) is 8.98. The van der Waals surface area contributed by atoms with Crippen molar-refractivity contribution in [3.63, 3.8) is 0 Å². The van der Waals surface area contributed by atoms with Crippen molar-refractivity contribution in [2.24, 2.45) is 10.9 Å². The molecule has 0 radical (unpaired) electrons. The molecular formula is C25H21Cl3N4O. The summed E-state index contributed by atoms with van der Waals surface area (Å²) in [5.74, 6) is 0.260. The van der Waals surface area contributed by atoms with Crippen molar-refractivity contribution in [2.45, 2.75) is 19.4 Å². The summed E-state index contributed by atoms with van der Waals surface area (Å²) in [6, 6.07) is 14.8. The number of aromatic nitrogens is 2. The number of hydrogen-bond acceptors (Lipinski definition) is 3. The van der Waals surface area contributed by atoms with Crippen molar-refractivity contribution in [2.75, 3.05) is 13.1 Å². The fraction of sp³-hybridized carbons (Fsp3) is 0.240. The van der Waals surface area contributed by atoms with Gasteiger partial charge in [0, 0.05) is 29.9 Å². The molecule has 3 aromatic rings. The first kappa shape index (κ1) is 22.2. The number of carbonyl (C=O) groups excluding carboxylic acids is 1. The van der Waals surface area contributed by atoms with Crippen LogP contribution in [-0.2, 0) is 4.79 Å². The van der Waals surface area contributed by atoms with Crippen molar-refractivity contribution in [1.29, 1.82) is 0 Å². The Morgan fingerprint density at radius 2 is 1.82 bits per heavy atom. The van der Waals surface area contributed by atoms with Gasteiger partial charge in [0.05, 0.1) is 22.3 Å². The first-order valence-corrected chi connectivity index (χ1v) is 11.8. The Bertz CT molecular complexity index is 1280. The van der Waals surface area contributed by atoms with Crippen LogP contribution in [0.15, 0.2) is 65.8 Å². The first-order chi connectivity index (χ1) is 15.9. The normalized spacial score (nSPS) is 20.2. The molecule has 2 atom stereocenters. The summed E-state index contributed by atoms with van der Waals surface area (Å²) in [6.45, 7) is 3.08. The highest BCUT2D eigenvalue weighted by Gasteiger charge is 2.40. The monoisotopic (exact) mass is 498 g/mol. The maximum atomic E-state index is 13.8. The van der Waals surface area contributed by atoms with E-state index in [2.05, 4.69) is 16.2 Å². The molecule has 33 heavy (non-hydrogen) atoms. The van der Waals surface area contributed by atoms with Crippen LogP contribution in [0.5, 0.6) is 0 Å². The number of hydrogen-bond donors (Lipinski definition) is 0. The van der Waals surface area contributed by atoms with Crippen LogP contribution in [0, 0.1) is 5.92 Å². The fourth-order valence-electron chi connectivity index (χ4n) is 4.57. The molecule has 5 nitrogen and oxygen atoms in total. The van der Waals surface area contributed by atoms with Crippen LogP contribution >= 0.6 is 34.8 Å². The summed E-state index contributed by atoms with van der Waals surface area (Å²) >= 11 is 18.5. The summed E-state index contributed by atoms with van der Waals surface area (Å²) < 4.78 is 1.80. The molecule has 2 aliphatic heterocycles. The molecule has 1 amide bonds. The molecule has 2 aromatic carbocycles. The van der Waals surface area contributed by atoms with E-state index in [9.17, 15) is 4.79 Å². The smallest absolute Gasteiger partial charge is 0.234 e. The van der Waals surface area contributed by atoms with Gasteiger partial charge in [-0.25, -0.2) is 9.67 Å². The van der Waals surface area contributed by atoms with E-state index in [-0.39, 0.29) is 11.9 Å². The second-order valence-corrected chi connectivity index (χ2v) is 9.50. The van der Waals surface area contributed by atoms with Crippen molar-refractivity contribution >= 4 is 57.8 Å². The van der Waals surface area contributed by atoms with E-state index in [4.69, 9.17) is 34.8 Å². The number of fused-ring (bicyclic) bond motifs is 1. The maximum Gasteiger partial charge on any atom is 0.234 e. The molecule has 0 fully saturated rings. The first-order valence-electron chi connectivity index (χ1n) is 10.7. The van der Waals surface area contributed by atoms with Gasteiger partial charge in [0.2, 0.25) is 5.91 Å². The van der Waals surface area contributed by atoms with Gasteiger partial charge in [-0.2, -0.15) is 5.10 Å². The van der Waals surface area contributed by atoms with Crippen molar-refractivity contribution in [3.8, 4) is 0 Å².